The molecule has 1 amide bonds. The SMILES string of the molecule is CCOC(=O)c1c(NC(=O)C=C(C)C)sc(C)c1C. The summed E-state index contributed by atoms with van der Waals surface area (Å²) < 4.78 is 5.03. The van der Waals surface area contributed by atoms with Gasteiger partial charge in [0.2, 0.25) is 5.91 Å². The molecular weight excluding hydrogens is 262 g/mol. The van der Waals surface area contributed by atoms with Crippen LogP contribution in [-0.4, -0.2) is 18.5 Å². The van der Waals surface area contributed by atoms with Gasteiger partial charge in [-0.15, -0.1) is 11.3 Å². The predicted octanol–water partition coefficient (Wildman–Crippen LogP) is 3.45. The number of carbonyl (C=O) groups is 2. The monoisotopic (exact) mass is 281 g/mol. The molecule has 1 aromatic rings. The van der Waals surface area contributed by atoms with Crippen molar-refractivity contribution in [3.05, 3.63) is 27.7 Å². The minimum absolute atomic E-state index is 0.230. The molecule has 0 fully saturated rings. The maximum atomic E-state index is 11.9. The van der Waals surface area contributed by atoms with E-state index in [2.05, 4.69) is 5.32 Å². The molecule has 0 aliphatic heterocycles. The van der Waals surface area contributed by atoms with Gasteiger partial charge in [0, 0.05) is 11.0 Å². The summed E-state index contributed by atoms with van der Waals surface area (Å²) in [7, 11) is 0. The summed E-state index contributed by atoms with van der Waals surface area (Å²) in [5.41, 5.74) is 2.22. The molecule has 5 heteroatoms. The molecule has 1 rings (SSSR count). The maximum absolute atomic E-state index is 11.9. The molecule has 19 heavy (non-hydrogen) atoms. The van der Waals surface area contributed by atoms with E-state index in [9.17, 15) is 9.59 Å². The lowest BCUT2D eigenvalue weighted by molar-refractivity contribution is -0.111. The van der Waals surface area contributed by atoms with Crippen molar-refractivity contribution in [2.45, 2.75) is 34.6 Å². The fraction of sp³-hybridized carbons (Fsp3) is 0.429. The third-order valence-corrected chi connectivity index (χ3v) is 3.64. The summed E-state index contributed by atoms with van der Waals surface area (Å²) >= 11 is 1.39. The molecule has 4 nitrogen and oxygen atoms in total. The topological polar surface area (TPSA) is 55.4 Å². The number of rotatable bonds is 4. The Bertz CT molecular complexity index is 525. The van der Waals surface area contributed by atoms with Gasteiger partial charge in [-0.25, -0.2) is 4.79 Å². The molecule has 0 saturated heterocycles. The number of ether oxygens (including phenoxy) is 1. The van der Waals surface area contributed by atoms with Gasteiger partial charge in [0.1, 0.15) is 5.00 Å². The van der Waals surface area contributed by atoms with E-state index in [1.165, 1.54) is 17.4 Å². The third kappa shape index (κ3) is 3.92. The minimum Gasteiger partial charge on any atom is -0.462 e. The average Bonchev–Trinajstić information content (AvgIpc) is 2.53. The van der Waals surface area contributed by atoms with Gasteiger partial charge in [0.15, 0.2) is 0 Å². The van der Waals surface area contributed by atoms with Crippen molar-refractivity contribution in [1.82, 2.24) is 0 Å². The number of hydrogen-bond acceptors (Lipinski definition) is 4. The highest BCUT2D eigenvalue weighted by Gasteiger charge is 2.21. The zero-order valence-electron chi connectivity index (χ0n) is 11.9. The number of hydrogen-bond donors (Lipinski definition) is 1. The van der Waals surface area contributed by atoms with Crippen LogP contribution < -0.4 is 5.32 Å². The molecule has 0 saturated carbocycles. The van der Waals surface area contributed by atoms with Crippen LogP contribution in [0.5, 0.6) is 0 Å². The summed E-state index contributed by atoms with van der Waals surface area (Å²) in [4.78, 5) is 24.7. The highest BCUT2D eigenvalue weighted by molar-refractivity contribution is 7.16. The number of amides is 1. The van der Waals surface area contributed by atoms with Crippen LogP contribution in [0.1, 0.15) is 41.6 Å². The molecule has 0 aliphatic rings. The van der Waals surface area contributed by atoms with Gasteiger partial charge in [-0.1, -0.05) is 5.57 Å². The smallest absolute Gasteiger partial charge is 0.341 e. The standard InChI is InChI=1S/C14H19NO3S/c1-6-18-14(17)12-9(4)10(5)19-13(12)15-11(16)7-8(2)3/h7H,6H2,1-5H3,(H,15,16). The van der Waals surface area contributed by atoms with Crippen molar-refractivity contribution in [1.29, 1.82) is 0 Å². The number of thiophene rings is 1. The Labute approximate surface area is 117 Å². The van der Waals surface area contributed by atoms with Crippen LogP contribution in [0.15, 0.2) is 11.6 Å². The Kier molecular flexibility index (Phi) is 5.30. The van der Waals surface area contributed by atoms with Crippen LogP contribution in [0, 0.1) is 13.8 Å². The van der Waals surface area contributed by atoms with Crippen LogP contribution in [-0.2, 0) is 9.53 Å². The largest absolute Gasteiger partial charge is 0.462 e. The van der Waals surface area contributed by atoms with E-state index in [4.69, 9.17) is 4.74 Å². The second kappa shape index (κ2) is 6.52. The van der Waals surface area contributed by atoms with E-state index in [1.54, 1.807) is 6.92 Å². The molecule has 0 aromatic carbocycles. The summed E-state index contributed by atoms with van der Waals surface area (Å²) in [6.45, 7) is 9.53. The maximum Gasteiger partial charge on any atom is 0.341 e. The molecule has 0 spiro atoms. The van der Waals surface area contributed by atoms with E-state index in [-0.39, 0.29) is 5.91 Å². The van der Waals surface area contributed by atoms with Gasteiger partial charge < -0.3 is 10.1 Å². The first kappa shape index (κ1) is 15.4. The molecular formula is C14H19NO3S. The van der Waals surface area contributed by atoms with E-state index in [1.807, 2.05) is 27.7 Å². The Morgan fingerprint density at radius 2 is 1.95 bits per heavy atom. The third-order valence-electron chi connectivity index (χ3n) is 2.52. The number of nitrogens with one attached hydrogen (secondary N) is 1. The van der Waals surface area contributed by atoms with Gasteiger partial charge >= 0.3 is 5.97 Å². The lowest BCUT2D eigenvalue weighted by atomic mass is 10.1. The van der Waals surface area contributed by atoms with E-state index >= 15 is 0 Å². The number of esters is 1. The van der Waals surface area contributed by atoms with Crippen LogP contribution in [0.2, 0.25) is 0 Å². The highest BCUT2D eigenvalue weighted by Crippen LogP contribution is 2.33. The Balaban J connectivity index is 3.08. The van der Waals surface area contributed by atoms with Crippen molar-refractivity contribution in [2.24, 2.45) is 0 Å². The average molecular weight is 281 g/mol. The first-order chi connectivity index (χ1) is 8.86. The molecule has 0 atom stereocenters. The van der Waals surface area contributed by atoms with Gasteiger partial charge in [-0.2, -0.15) is 0 Å². The van der Waals surface area contributed by atoms with E-state index in [0.717, 1.165) is 16.0 Å². The number of allylic oxidation sites excluding steroid dienone is 1. The summed E-state index contributed by atoms with van der Waals surface area (Å²) in [5.74, 6) is -0.622. The number of aryl methyl sites for hydroxylation is 1. The summed E-state index contributed by atoms with van der Waals surface area (Å²) in [6.07, 6.45) is 1.50. The lowest BCUT2D eigenvalue weighted by Gasteiger charge is -2.05. The lowest BCUT2D eigenvalue weighted by Crippen LogP contribution is -2.12. The second-order valence-electron chi connectivity index (χ2n) is 4.42. The molecule has 1 heterocycles. The molecule has 0 aliphatic carbocycles. The van der Waals surface area contributed by atoms with Crippen LogP contribution in [0.25, 0.3) is 0 Å². The Morgan fingerprint density at radius 1 is 1.32 bits per heavy atom. The normalized spacial score (nSPS) is 9.95. The van der Waals surface area contributed by atoms with Gasteiger partial charge in [0.05, 0.1) is 12.2 Å². The van der Waals surface area contributed by atoms with Gasteiger partial charge in [-0.3, -0.25) is 4.79 Å². The first-order valence-electron chi connectivity index (χ1n) is 6.09. The van der Waals surface area contributed by atoms with Crippen LogP contribution in [0.4, 0.5) is 5.00 Å². The van der Waals surface area contributed by atoms with Crippen molar-refractivity contribution in [3.8, 4) is 0 Å². The number of carbonyl (C=O) groups excluding carboxylic acids is 2. The zero-order chi connectivity index (χ0) is 14.6. The quantitative estimate of drug-likeness (QED) is 0.679. The van der Waals surface area contributed by atoms with E-state index < -0.39 is 5.97 Å². The Hall–Kier alpha value is -1.62. The van der Waals surface area contributed by atoms with Crippen molar-refractivity contribution >= 4 is 28.2 Å². The summed E-state index contributed by atoms with van der Waals surface area (Å²) in [5, 5.41) is 3.30. The molecule has 104 valence electrons. The zero-order valence-corrected chi connectivity index (χ0v) is 12.7. The van der Waals surface area contributed by atoms with Crippen molar-refractivity contribution in [2.75, 3.05) is 11.9 Å². The van der Waals surface area contributed by atoms with Crippen LogP contribution >= 0.6 is 11.3 Å². The highest BCUT2D eigenvalue weighted by atomic mass is 32.1. The molecule has 0 radical (unpaired) electrons. The molecule has 0 unspecified atom stereocenters. The first-order valence-corrected chi connectivity index (χ1v) is 6.91. The fourth-order valence-electron chi connectivity index (χ4n) is 1.57. The molecule has 0 bridgehead atoms. The summed E-state index contributed by atoms with van der Waals surface area (Å²) in [6, 6.07) is 0. The van der Waals surface area contributed by atoms with E-state index in [0.29, 0.717) is 17.2 Å². The van der Waals surface area contributed by atoms with Crippen molar-refractivity contribution < 1.29 is 14.3 Å². The number of anilines is 1. The second-order valence-corrected chi connectivity index (χ2v) is 5.64. The van der Waals surface area contributed by atoms with Crippen LogP contribution in [0.3, 0.4) is 0 Å². The van der Waals surface area contributed by atoms with Gasteiger partial charge in [-0.05, 0) is 40.2 Å². The van der Waals surface area contributed by atoms with Gasteiger partial charge in [0.25, 0.3) is 0 Å². The van der Waals surface area contributed by atoms with Crippen molar-refractivity contribution in [3.63, 3.8) is 0 Å². The fourth-order valence-corrected chi connectivity index (χ4v) is 2.63. The Morgan fingerprint density at radius 3 is 2.47 bits per heavy atom. The molecule has 1 N–H and O–H groups in total. The predicted molar refractivity (Wildman–Crippen MR) is 77.8 cm³/mol. The minimum atomic E-state index is -0.392. The molecule has 1 aromatic heterocycles.